The average Bonchev–Trinajstić information content (AvgIpc) is 2.81. The zero-order chi connectivity index (χ0) is 23.4. The van der Waals surface area contributed by atoms with Crippen molar-refractivity contribution >= 4 is 35.0 Å². The van der Waals surface area contributed by atoms with Crippen molar-refractivity contribution in [1.29, 1.82) is 0 Å². The Morgan fingerprint density at radius 2 is 1.94 bits per heavy atom. The number of hydrogen-bond donors (Lipinski definition) is 3. The highest BCUT2D eigenvalue weighted by atomic mass is 35.5. The molecule has 0 unspecified atom stereocenters. The number of carboxylic acids is 1. The summed E-state index contributed by atoms with van der Waals surface area (Å²) >= 11 is 5.85. The fraction of sp³-hybridized carbons (Fsp3) is 0.0909. The number of anilines is 3. The Labute approximate surface area is 192 Å². The summed E-state index contributed by atoms with van der Waals surface area (Å²) in [5.74, 6) is -0.999. The van der Waals surface area contributed by atoms with Gasteiger partial charge in [-0.1, -0.05) is 11.6 Å². The predicted octanol–water partition coefficient (Wildman–Crippen LogP) is 4.48. The van der Waals surface area contributed by atoms with E-state index in [4.69, 9.17) is 11.6 Å². The molecule has 0 radical (unpaired) electrons. The van der Waals surface area contributed by atoms with Gasteiger partial charge in [-0.25, -0.2) is 14.2 Å². The monoisotopic (exact) mass is 465 g/mol. The number of nitrogens with one attached hydrogen (secondary N) is 2. The molecule has 3 heterocycles. The van der Waals surface area contributed by atoms with Crippen molar-refractivity contribution < 1.29 is 14.3 Å². The zero-order valence-electron chi connectivity index (χ0n) is 17.3. The molecule has 11 heteroatoms. The van der Waals surface area contributed by atoms with E-state index in [2.05, 4.69) is 35.6 Å². The van der Waals surface area contributed by atoms with E-state index in [-0.39, 0.29) is 16.5 Å². The molecule has 3 aromatic heterocycles. The number of carboxylic acid groups (broad SMARTS) is 1. The highest BCUT2D eigenvalue weighted by molar-refractivity contribution is 6.31. The minimum Gasteiger partial charge on any atom is -0.478 e. The number of pyridine rings is 1. The lowest BCUT2D eigenvalue weighted by Gasteiger charge is -2.13. The standard InChI is InChI=1S/C22H17ClFN7O2/c1-12-6-27-16(9-26-12)10-28-20-17(13-4-14(21(32)33)8-25-7-13)11-29-22(31-20)30-15-2-3-19(24)18(23)5-15/h2-9,11H,10H2,1H3,(H,32,33)(H2,28,29,30,31). The van der Waals surface area contributed by atoms with Crippen molar-refractivity contribution in [2.24, 2.45) is 0 Å². The van der Waals surface area contributed by atoms with Crippen LogP contribution in [-0.2, 0) is 6.54 Å². The van der Waals surface area contributed by atoms with Crippen LogP contribution in [0.2, 0.25) is 5.02 Å². The molecule has 0 saturated heterocycles. The Morgan fingerprint density at radius 3 is 2.67 bits per heavy atom. The Bertz CT molecular complexity index is 1320. The van der Waals surface area contributed by atoms with Crippen LogP contribution in [0.4, 0.5) is 21.8 Å². The minimum atomic E-state index is -1.10. The summed E-state index contributed by atoms with van der Waals surface area (Å²) in [5, 5.41) is 15.4. The quantitative estimate of drug-likeness (QED) is 0.362. The van der Waals surface area contributed by atoms with E-state index in [0.29, 0.717) is 34.9 Å². The Balaban J connectivity index is 1.68. The highest BCUT2D eigenvalue weighted by Crippen LogP contribution is 2.29. The molecule has 0 atom stereocenters. The molecule has 0 fully saturated rings. The minimum absolute atomic E-state index is 0.0333. The number of benzene rings is 1. The van der Waals surface area contributed by atoms with Gasteiger partial charge in [0.2, 0.25) is 5.95 Å². The molecule has 0 amide bonds. The lowest BCUT2D eigenvalue weighted by molar-refractivity contribution is 0.0696. The number of rotatable bonds is 7. The third-order valence-corrected chi connectivity index (χ3v) is 4.82. The van der Waals surface area contributed by atoms with E-state index in [1.165, 1.54) is 42.9 Å². The number of aromatic carboxylic acids is 1. The van der Waals surface area contributed by atoms with Crippen LogP contribution in [0.15, 0.2) is 55.2 Å². The lowest BCUT2D eigenvalue weighted by Crippen LogP contribution is -2.08. The zero-order valence-corrected chi connectivity index (χ0v) is 18.0. The molecule has 166 valence electrons. The van der Waals surface area contributed by atoms with Gasteiger partial charge in [-0.05, 0) is 31.2 Å². The fourth-order valence-electron chi connectivity index (χ4n) is 2.88. The summed E-state index contributed by atoms with van der Waals surface area (Å²) in [6, 6.07) is 5.65. The molecule has 1 aromatic carbocycles. The Morgan fingerprint density at radius 1 is 1.09 bits per heavy atom. The normalized spacial score (nSPS) is 10.6. The number of nitrogens with zero attached hydrogens (tertiary/aromatic N) is 5. The maximum atomic E-state index is 13.5. The maximum absolute atomic E-state index is 13.5. The van der Waals surface area contributed by atoms with Gasteiger partial charge in [0.05, 0.1) is 34.7 Å². The van der Waals surface area contributed by atoms with E-state index >= 15 is 0 Å². The molecule has 4 aromatic rings. The first kappa shape index (κ1) is 22.0. The van der Waals surface area contributed by atoms with Gasteiger partial charge < -0.3 is 15.7 Å². The molecule has 0 bridgehead atoms. The topological polar surface area (TPSA) is 126 Å². The smallest absolute Gasteiger partial charge is 0.337 e. The molecule has 9 nitrogen and oxygen atoms in total. The second-order valence-electron chi connectivity index (χ2n) is 6.98. The summed E-state index contributed by atoms with van der Waals surface area (Å²) in [6.45, 7) is 2.15. The van der Waals surface area contributed by atoms with Crippen molar-refractivity contribution in [1.82, 2.24) is 24.9 Å². The van der Waals surface area contributed by atoms with Crippen LogP contribution >= 0.6 is 11.6 Å². The summed E-state index contributed by atoms with van der Waals surface area (Å²) < 4.78 is 13.5. The number of hydrogen-bond acceptors (Lipinski definition) is 8. The predicted molar refractivity (Wildman–Crippen MR) is 121 cm³/mol. The van der Waals surface area contributed by atoms with E-state index in [0.717, 1.165) is 5.69 Å². The third-order valence-electron chi connectivity index (χ3n) is 4.53. The summed E-state index contributed by atoms with van der Waals surface area (Å²) in [6.07, 6.45) is 7.62. The second kappa shape index (κ2) is 9.53. The third kappa shape index (κ3) is 5.36. The number of halogens is 2. The van der Waals surface area contributed by atoms with Crippen LogP contribution in [0.3, 0.4) is 0 Å². The molecule has 0 aliphatic heterocycles. The molecule has 33 heavy (non-hydrogen) atoms. The van der Waals surface area contributed by atoms with Gasteiger partial charge in [0.15, 0.2) is 0 Å². The van der Waals surface area contributed by atoms with Crippen LogP contribution in [-0.4, -0.2) is 36.0 Å². The largest absolute Gasteiger partial charge is 0.478 e. The SMILES string of the molecule is Cc1cnc(CNc2nc(Nc3ccc(F)c(Cl)c3)ncc2-c2cncc(C(=O)O)c2)cn1. The van der Waals surface area contributed by atoms with Crippen LogP contribution in [0.1, 0.15) is 21.7 Å². The van der Waals surface area contributed by atoms with Gasteiger partial charge in [0.25, 0.3) is 0 Å². The Kier molecular flexibility index (Phi) is 6.36. The van der Waals surface area contributed by atoms with Gasteiger partial charge in [0.1, 0.15) is 11.6 Å². The lowest BCUT2D eigenvalue weighted by atomic mass is 10.1. The van der Waals surface area contributed by atoms with Gasteiger partial charge in [0, 0.05) is 41.6 Å². The van der Waals surface area contributed by atoms with Crippen LogP contribution in [0, 0.1) is 12.7 Å². The van der Waals surface area contributed by atoms with Crippen molar-refractivity contribution in [2.45, 2.75) is 13.5 Å². The van der Waals surface area contributed by atoms with Crippen molar-refractivity contribution in [3.8, 4) is 11.1 Å². The highest BCUT2D eigenvalue weighted by Gasteiger charge is 2.13. The second-order valence-corrected chi connectivity index (χ2v) is 7.39. The maximum Gasteiger partial charge on any atom is 0.337 e. The first-order valence-corrected chi connectivity index (χ1v) is 10.1. The molecular formula is C22H17ClFN7O2. The van der Waals surface area contributed by atoms with Gasteiger partial charge in [-0.2, -0.15) is 4.98 Å². The number of carbonyl (C=O) groups is 1. The van der Waals surface area contributed by atoms with Crippen LogP contribution < -0.4 is 10.6 Å². The molecule has 0 spiro atoms. The van der Waals surface area contributed by atoms with Crippen LogP contribution in [0.25, 0.3) is 11.1 Å². The van der Waals surface area contributed by atoms with Gasteiger partial charge >= 0.3 is 5.97 Å². The molecule has 0 aliphatic rings. The summed E-state index contributed by atoms with van der Waals surface area (Å²) in [4.78, 5) is 32.7. The molecule has 4 rings (SSSR count). The number of aromatic nitrogens is 5. The van der Waals surface area contributed by atoms with Crippen LogP contribution in [0.5, 0.6) is 0 Å². The van der Waals surface area contributed by atoms with E-state index in [9.17, 15) is 14.3 Å². The van der Waals surface area contributed by atoms with Crippen molar-refractivity contribution in [2.75, 3.05) is 10.6 Å². The summed E-state index contributed by atoms with van der Waals surface area (Å²) in [7, 11) is 0. The molecule has 3 N–H and O–H groups in total. The first-order valence-electron chi connectivity index (χ1n) is 9.68. The fourth-order valence-corrected chi connectivity index (χ4v) is 3.06. The van der Waals surface area contributed by atoms with E-state index in [1.54, 1.807) is 12.4 Å². The summed E-state index contributed by atoms with van der Waals surface area (Å²) in [5.41, 5.74) is 3.06. The van der Waals surface area contributed by atoms with Crippen molar-refractivity contribution in [3.63, 3.8) is 0 Å². The Hall–Kier alpha value is -4.18. The molecule has 0 saturated carbocycles. The number of aryl methyl sites for hydroxylation is 1. The average molecular weight is 466 g/mol. The van der Waals surface area contributed by atoms with E-state index < -0.39 is 11.8 Å². The van der Waals surface area contributed by atoms with E-state index in [1.807, 2.05) is 6.92 Å². The van der Waals surface area contributed by atoms with Gasteiger partial charge in [-0.3, -0.25) is 15.0 Å². The van der Waals surface area contributed by atoms with Gasteiger partial charge in [-0.15, -0.1) is 0 Å². The first-order chi connectivity index (χ1) is 15.9. The van der Waals surface area contributed by atoms with Crippen molar-refractivity contribution in [3.05, 3.63) is 83.0 Å². The molecule has 0 aliphatic carbocycles. The molecular weight excluding hydrogens is 449 g/mol.